The van der Waals surface area contributed by atoms with Crippen LogP contribution in [0.4, 0.5) is 4.79 Å². The summed E-state index contributed by atoms with van der Waals surface area (Å²) in [7, 11) is 0. The van der Waals surface area contributed by atoms with Crippen LogP contribution in [-0.4, -0.2) is 37.1 Å². The van der Waals surface area contributed by atoms with Gasteiger partial charge in [0, 0.05) is 6.61 Å². The Morgan fingerprint density at radius 2 is 2.11 bits per heavy atom. The number of amides is 1. The van der Waals surface area contributed by atoms with Crippen molar-refractivity contribution in [2.45, 2.75) is 19.6 Å². The molecule has 0 unspecified atom stereocenters. The SMILES string of the molecule is CCOC[C@@H](CO)NC(=O)OCc1ccccc1. The van der Waals surface area contributed by atoms with Crippen molar-refractivity contribution in [1.29, 1.82) is 0 Å². The summed E-state index contributed by atoms with van der Waals surface area (Å²) in [5.74, 6) is 0. The van der Waals surface area contributed by atoms with E-state index in [1.165, 1.54) is 0 Å². The van der Waals surface area contributed by atoms with Crippen LogP contribution < -0.4 is 5.32 Å². The van der Waals surface area contributed by atoms with Crippen LogP contribution in [0, 0.1) is 0 Å². The predicted octanol–water partition coefficient (Wildman–Crippen LogP) is 1.31. The number of aliphatic hydroxyl groups excluding tert-OH is 1. The molecule has 0 saturated heterocycles. The van der Waals surface area contributed by atoms with Crippen molar-refractivity contribution in [3.63, 3.8) is 0 Å². The highest BCUT2D eigenvalue weighted by Crippen LogP contribution is 2.00. The number of nitrogens with one attached hydrogen (secondary N) is 1. The molecule has 0 fully saturated rings. The van der Waals surface area contributed by atoms with Gasteiger partial charge in [-0.05, 0) is 12.5 Å². The fourth-order valence-electron chi connectivity index (χ4n) is 1.33. The summed E-state index contributed by atoms with van der Waals surface area (Å²) in [6, 6.07) is 8.96. The molecule has 0 aliphatic carbocycles. The molecule has 18 heavy (non-hydrogen) atoms. The van der Waals surface area contributed by atoms with Crippen molar-refractivity contribution >= 4 is 6.09 Å². The first-order chi connectivity index (χ1) is 8.76. The third kappa shape index (κ3) is 5.65. The number of rotatable bonds is 7. The molecule has 0 aliphatic heterocycles. The van der Waals surface area contributed by atoms with Gasteiger partial charge in [-0.3, -0.25) is 0 Å². The van der Waals surface area contributed by atoms with Crippen LogP contribution >= 0.6 is 0 Å². The summed E-state index contributed by atoms with van der Waals surface area (Å²) < 4.78 is 10.1. The number of carbonyl (C=O) groups is 1. The number of alkyl carbamates (subject to hydrolysis) is 1. The van der Waals surface area contributed by atoms with E-state index in [2.05, 4.69) is 5.32 Å². The Kier molecular flexibility index (Phi) is 6.83. The molecular weight excluding hydrogens is 234 g/mol. The molecule has 0 spiro atoms. The van der Waals surface area contributed by atoms with Gasteiger partial charge in [-0.1, -0.05) is 30.3 Å². The average Bonchev–Trinajstić information content (AvgIpc) is 2.42. The number of hydrogen-bond donors (Lipinski definition) is 2. The molecule has 5 heteroatoms. The van der Waals surface area contributed by atoms with Gasteiger partial charge in [0.2, 0.25) is 0 Å². The lowest BCUT2D eigenvalue weighted by atomic mass is 10.2. The van der Waals surface area contributed by atoms with Gasteiger partial charge in [0.25, 0.3) is 0 Å². The molecule has 1 rings (SSSR count). The molecule has 5 nitrogen and oxygen atoms in total. The topological polar surface area (TPSA) is 67.8 Å². The number of carbonyl (C=O) groups excluding carboxylic acids is 1. The quantitative estimate of drug-likeness (QED) is 0.769. The molecule has 0 bridgehead atoms. The molecule has 0 saturated carbocycles. The molecule has 100 valence electrons. The average molecular weight is 253 g/mol. The zero-order chi connectivity index (χ0) is 13.2. The second-order valence-corrected chi connectivity index (χ2v) is 3.75. The third-order valence-electron chi connectivity index (χ3n) is 2.28. The molecule has 2 N–H and O–H groups in total. The lowest BCUT2D eigenvalue weighted by molar-refractivity contribution is 0.0850. The monoisotopic (exact) mass is 253 g/mol. The summed E-state index contributed by atoms with van der Waals surface area (Å²) in [4.78, 5) is 11.4. The van der Waals surface area contributed by atoms with Gasteiger partial charge in [0.05, 0.1) is 19.3 Å². The Morgan fingerprint density at radius 3 is 2.72 bits per heavy atom. The highest BCUT2D eigenvalue weighted by molar-refractivity contribution is 5.67. The van der Waals surface area contributed by atoms with Crippen LogP contribution in [0.5, 0.6) is 0 Å². The van der Waals surface area contributed by atoms with Crippen molar-refractivity contribution < 1.29 is 19.4 Å². The summed E-state index contributed by atoms with van der Waals surface area (Å²) >= 11 is 0. The highest BCUT2D eigenvalue weighted by Gasteiger charge is 2.12. The highest BCUT2D eigenvalue weighted by atomic mass is 16.5. The largest absolute Gasteiger partial charge is 0.445 e. The van der Waals surface area contributed by atoms with Gasteiger partial charge < -0.3 is 19.9 Å². The van der Waals surface area contributed by atoms with E-state index in [1.807, 2.05) is 37.3 Å². The Morgan fingerprint density at radius 1 is 1.39 bits per heavy atom. The summed E-state index contributed by atoms with van der Waals surface area (Å²) in [5.41, 5.74) is 0.915. The molecule has 1 aromatic carbocycles. The van der Waals surface area contributed by atoms with E-state index in [0.717, 1.165) is 5.56 Å². The predicted molar refractivity (Wildman–Crippen MR) is 67.1 cm³/mol. The van der Waals surface area contributed by atoms with Gasteiger partial charge in [-0.2, -0.15) is 0 Å². The van der Waals surface area contributed by atoms with Crippen LogP contribution in [0.3, 0.4) is 0 Å². The fourth-order valence-corrected chi connectivity index (χ4v) is 1.33. The van der Waals surface area contributed by atoms with Crippen molar-refractivity contribution in [2.24, 2.45) is 0 Å². The number of aliphatic hydroxyl groups is 1. The van der Waals surface area contributed by atoms with Crippen LogP contribution in [0.25, 0.3) is 0 Å². The van der Waals surface area contributed by atoms with Gasteiger partial charge in [0.15, 0.2) is 0 Å². The molecular formula is C13H19NO4. The van der Waals surface area contributed by atoms with Crippen LogP contribution in [0.15, 0.2) is 30.3 Å². The Bertz CT molecular complexity index is 342. The summed E-state index contributed by atoms with van der Waals surface area (Å²) in [6.45, 7) is 2.69. The van der Waals surface area contributed by atoms with E-state index in [-0.39, 0.29) is 19.8 Å². The van der Waals surface area contributed by atoms with Crippen LogP contribution in [0.2, 0.25) is 0 Å². The molecule has 0 heterocycles. The first-order valence-electron chi connectivity index (χ1n) is 5.92. The second kappa shape index (κ2) is 8.49. The first-order valence-corrected chi connectivity index (χ1v) is 5.92. The van der Waals surface area contributed by atoms with E-state index in [9.17, 15) is 4.79 Å². The minimum atomic E-state index is -0.558. The molecule has 0 aliphatic rings. The maximum absolute atomic E-state index is 11.4. The normalized spacial score (nSPS) is 11.9. The van der Waals surface area contributed by atoms with E-state index in [0.29, 0.717) is 6.61 Å². The maximum atomic E-state index is 11.4. The van der Waals surface area contributed by atoms with Crippen molar-refractivity contribution in [2.75, 3.05) is 19.8 Å². The number of hydrogen-bond acceptors (Lipinski definition) is 4. The number of ether oxygens (including phenoxy) is 2. The second-order valence-electron chi connectivity index (χ2n) is 3.75. The minimum Gasteiger partial charge on any atom is -0.445 e. The molecule has 1 amide bonds. The lowest BCUT2D eigenvalue weighted by Crippen LogP contribution is -2.41. The van der Waals surface area contributed by atoms with E-state index in [4.69, 9.17) is 14.6 Å². The molecule has 1 atom stereocenters. The minimum absolute atomic E-state index is 0.180. The van der Waals surface area contributed by atoms with Crippen molar-refractivity contribution in [3.05, 3.63) is 35.9 Å². The van der Waals surface area contributed by atoms with E-state index in [1.54, 1.807) is 0 Å². The fraction of sp³-hybridized carbons (Fsp3) is 0.462. The van der Waals surface area contributed by atoms with Crippen molar-refractivity contribution in [3.8, 4) is 0 Å². The Labute approximate surface area is 107 Å². The summed E-state index contributed by atoms with van der Waals surface area (Å²) in [5, 5.41) is 11.6. The van der Waals surface area contributed by atoms with Crippen LogP contribution in [-0.2, 0) is 16.1 Å². The Hall–Kier alpha value is -1.59. The Balaban J connectivity index is 2.28. The third-order valence-corrected chi connectivity index (χ3v) is 2.28. The number of benzene rings is 1. The zero-order valence-corrected chi connectivity index (χ0v) is 10.5. The van der Waals surface area contributed by atoms with Crippen molar-refractivity contribution in [1.82, 2.24) is 5.32 Å². The van der Waals surface area contributed by atoms with Gasteiger partial charge in [-0.25, -0.2) is 4.79 Å². The molecule has 1 aromatic rings. The summed E-state index contributed by atoms with van der Waals surface area (Å²) in [6.07, 6.45) is -0.558. The van der Waals surface area contributed by atoms with Gasteiger partial charge >= 0.3 is 6.09 Å². The van der Waals surface area contributed by atoms with Gasteiger partial charge in [-0.15, -0.1) is 0 Å². The maximum Gasteiger partial charge on any atom is 0.407 e. The lowest BCUT2D eigenvalue weighted by Gasteiger charge is -2.15. The zero-order valence-electron chi connectivity index (χ0n) is 10.5. The smallest absolute Gasteiger partial charge is 0.407 e. The molecule has 0 radical (unpaired) electrons. The van der Waals surface area contributed by atoms with Crippen LogP contribution in [0.1, 0.15) is 12.5 Å². The van der Waals surface area contributed by atoms with E-state index >= 15 is 0 Å². The standard InChI is InChI=1S/C13H19NO4/c1-2-17-10-12(8-15)14-13(16)18-9-11-6-4-3-5-7-11/h3-7,12,15H,2,8-10H2,1H3,(H,14,16)/t12-/m1/s1. The van der Waals surface area contributed by atoms with E-state index < -0.39 is 12.1 Å². The van der Waals surface area contributed by atoms with Gasteiger partial charge in [0.1, 0.15) is 6.61 Å². The molecule has 0 aromatic heterocycles. The first kappa shape index (κ1) is 14.5.